The van der Waals surface area contributed by atoms with Crippen LogP contribution in [0.15, 0.2) is 60.7 Å². The first kappa shape index (κ1) is 62.1. The molecule has 372 valence electrons. The van der Waals surface area contributed by atoms with E-state index in [1.807, 2.05) is 0 Å². The molecule has 0 saturated heterocycles. The van der Waals surface area contributed by atoms with Crippen LogP contribution in [0.1, 0.15) is 165 Å². The van der Waals surface area contributed by atoms with Crippen LogP contribution < -0.4 is 0 Å². The van der Waals surface area contributed by atoms with Crippen LogP contribution in [-0.2, 0) is 41.7 Å². The van der Waals surface area contributed by atoms with Crippen LogP contribution in [0.5, 0.6) is 0 Å². The van der Waals surface area contributed by atoms with E-state index in [-0.39, 0.29) is 29.7 Å². The van der Waals surface area contributed by atoms with Gasteiger partial charge in [0.1, 0.15) is 0 Å². The number of benzene rings is 2. The number of halogens is 4. The summed E-state index contributed by atoms with van der Waals surface area (Å²) in [4.78, 5) is 0. The molecular formula is C58H96Cl4Si2Zr2. The Bertz CT molecular complexity index is 1520. The second-order valence-corrected chi connectivity index (χ2v) is 41.2. The van der Waals surface area contributed by atoms with Gasteiger partial charge in [0.05, 0.1) is 16.1 Å². The van der Waals surface area contributed by atoms with Gasteiger partial charge in [-0.2, -0.15) is 0 Å². The van der Waals surface area contributed by atoms with Gasteiger partial charge >= 0.3 is 75.7 Å². The summed E-state index contributed by atoms with van der Waals surface area (Å²) < 4.78 is 0. The van der Waals surface area contributed by atoms with E-state index in [0.29, 0.717) is 0 Å². The van der Waals surface area contributed by atoms with Crippen LogP contribution in [0.25, 0.3) is 0 Å². The first-order valence-corrected chi connectivity index (χ1v) is 45.0. The third-order valence-electron chi connectivity index (χ3n) is 20.4. The molecule has 8 fully saturated rings. The molecule has 0 bridgehead atoms. The normalized spacial score (nSPS) is 37.2. The molecule has 0 nitrogen and oxygen atoms in total. The van der Waals surface area contributed by atoms with Gasteiger partial charge in [-0.3, -0.25) is 0 Å². The average Bonchev–Trinajstić information content (AvgIpc) is 4.07. The summed E-state index contributed by atoms with van der Waals surface area (Å²) in [6.45, 7) is 16.7. The fraction of sp³-hybridized carbons (Fsp3) is 0.724. The fourth-order valence-electron chi connectivity index (χ4n) is 18.8. The van der Waals surface area contributed by atoms with Crippen molar-refractivity contribution in [3.05, 3.63) is 101 Å². The van der Waals surface area contributed by atoms with E-state index in [2.05, 4.69) is 101 Å². The monoisotopic (exact) mass is 1170 g/mol. The summed E-state index contributed by atoms with van der Waals surface area (Å²) in [6.07, 6.45) is 30.8. The van der Waals surface area contributed by atoms with E-state index in [9.17, 15) is 0 Å². The molecule has 0 aliphatic heterocycles. The minimum absolute atomic E-state index is 0. The molecule has 8 aliphatic rings. The molecule has 0 heterocycles. The van der Waals surface area contributed by atoms with E-state index in [0.717, 1.165) is 70.3 Å². The molecule has 16 atom stereocenters. The molecule has 2 aromatic rings. The Morgan fingerprint density at radius 1 is 0.394 bits per heavy atom. The minimum atomic E-state index is -1.44. The molecule has 16 unspecified atom stereocenters. The van der Waals surface area contributed by atoms with Gasteiger partial charge in [-0.1, -0.05) is 203 Å². The first-order valence-electron chi connectivity index (χ1n) is 26.0. The van der Waals surface area contributed by atoms with Crippen LogP contribution in [-0.4, -0.2) is 16.1 Å². The predicted molar refractivity (Wildman–Crippen MR) is 296 cm³/mol. The molecule has 8 aliphatic carbocycles. The Kier molecular flexibility index (Phi) is 27.3. The van der Waals surface area contributed by atoms with Gasteiger partial charge in [-0.15, -0.1) is 0 Å². The van der Waals surface area contributed by atoms with Crippen molar-refractivity contribution < 1.29 is 41.7 Å². The zero-order chi connectivity index (χ0) is 44.0. The van der Waals surface area contributed by atoms with Crippen LogP contribution in [0.3, 0.4) is 0 Å². The van der Waals surface area contributed by atoms with Crippen molar-refractivity contribution in [2.45, 2.75) is 202 Å². The van der Waals surface area contributed by atoms with E-state index in [1.165, 1.54) is 74.3 Å². The fourth-order valence-corrected chi connectivity index (χ4v) is 30.9. The third-order valence-corrected chi connectivity index (χ3v) is 31.1. The molecule has 8 saturated carbocycles. The first-order chi connectivity index (χ1) is 30.0. The Morgan fingerprint density at radius 3 is 1.09 bits per heavy atom. The third kappa shape index (κ3) is 13.7. The quantitative estimate of drug-likeness (QED) is 0.200. The van der Waals surface area contributed by atoms with Gasteiger partial charge in [0.25, 0.3) is 0 Å². The van der Waals surface area contributed by atoms with Gasteiger partial charge in [0.15, 0.2) is 0 Å². The van der Waals surface area contributed by atoms with Crippen molar-refractivity contribution in [3.63, 3.8) is 0 Å². The zero-order valence-corrected chi connectivity index (χ0v) is 53.6. The van der Waals surface area contributed by atoms with Crippen LogP contribution >= 0.6 is 34.1 Å². The van der Waals surface area contributed by atoms with Crippen molar-refractivity contribution in [1.29, 1.82) is 0 Å². The summed E-state index contributed by atoms with van der Waals surface area (Å²) in [5, 5.41) is 0. The van der Waals surface area contributed by atoms with Crippen LogP contribution in [0.2, 0.25) is 48.4 Å². The summed E-state index contributed by atoms with van der Waals surface area (Å²) in [5.41, 5.74) is 7.75. The topological polar surface area (TPSA) is 0 Å². The number of hydrogen-bond acceptors (Lipinski definition) is 0. The Hall–Kier alpha value is 1.80. The van der Waals surface area contributed by atoms with Crippen molar-refractivity contribution in [1.82, 2.24) is 0 Å². The zero-order valence-electron chi connectivity index (χ0n) is 43.7. The SMILES string of the molecule is CC1CC2C(c3ccccc3)CCCC2C1[Si](C)(C)C1C(C)CC2C(c3ccccc3)CCCC21.C[Si](C)(C1CCC2CCCCC21)C1CCC2CCCCC21.[CH3-].[CH3-].[CH3-].[CH3-].[Cl][Zr+2][Cl].[Cl][Zr+2][Cl]. The maximum atomic E-state index is 4.93. The second-order valence-electron chi connectivity index (χ2n) is 23.6. The van der Waals surface area contributed by atoms with Gasteiger partial charge in [0, 0.05) is 0 Å². The van der Waals surface area contributed by atoms with E-state index in [1.54, 1.807) is 88.2 Å². The average molecular weight is 1170 g/mol. The molecule has 10 rings (SSSR count). The van der Waals surface area contributed by atoms with Gasteiger partial charge in [-0.05, 0) is 130 Å². The molecule has 0 spiro atoms. The van der Waals surface area contributed by atoms with Gasteiger partial charge in [-0.25, -0.2) is 0 Å². The van der Waals surface area contributed by atoms with Crippen molar-refractivity contribution in [2.24, 2.45) is 59.2 Å². The van der Waals surface area contributed by atoms with E-state index >= 15 is 0 Å². The standard InChI is InChI=1S/C34H48Si.C20H36Si.4CH3.4ClH.2Zr/c1-23-21-31-27(25-13-7-5-8-14-25)17-11-19-29(31)33(23)35(3,4)34-24(2)22-32-28(18-12-20-30(32)34)26-15-9-6-10-16-26;1-21(2,19-13-11-15-7-3-5-9-17(15)19)20-14-12-16-8-4-6-10-18(16)20;;;;;;;;;;/h5-10,13-16,23-24,27-34H,11-12,17-22H2,1-4H3;15-20H,3-14H2,1-2H3;4*1H3;4*1H;;/q;;4*-1;;;;;2*+4/p-4. The summed E-state index contributed by atoms with van der Waals surface area (Å²) >= 11 is -1.65. The van der Waals surface area contributed by atoms with Crippen LogP contribution in [0, 0.1) is 88.9 Å². The molecular weight excluding hydrogens is 1080 g/mol. The molecule has 0 N–H and O–H groups in total. The van der Waals surface area contributed by atoms with Gasteiger partial charge in [0.2, 0.25) is 0 Å². The van der Waals surface area contributed by atoms with Crippen LogP contribution in [0.4, 0.5) is 0 Å². The van der Waals surface area contributed by atoms with E-state index in [4.69, 9.17) is 34.1 Å². The molecule has 0 radical (unpaired) electrons. The molecule has 8 heteroatoms. The number of hydrogen-bond donors (Lipinski definition) is 0. The maximum absolute atomic E-state index is 4.93. The van der Waals surface area contributed by atoms with E-state index < -0.39 is 57.8 Å². The Morgan fingerprint density at radius 2 is 0.727 bits per heavy atom. The molecule has 0 amide bonds. The molecule has 0 aromatic heterocycles. The number of rotatable bonds is 6. The Labute approximate surface area is 450 Å². The summed E-state index contributed by atoms with van der Waals surface area (Å²) in [7, 11) is 17.2. The number of fused-ring (bicyclic) bond motifs is 4. The predicted octanol–water partition coefficient (Wildman–Crippen LogP) is 21.1. The van der Waals surface area contributed by atoms with Crippen molar-refractivity contribution >= 4 is 50.2 Å². The van der Waals surface area contributed by atoms with Crippen molar-refractivity contribution in [3.8, 4) is 0 Å². The Balaban J connectivity index is 0.000000321. The second kappa shape index (κ2) is 29.0. The summed E-state index contributed by atoms with van der Waals surface area (Å²) in [6, 6.07) is 23.2. The van der Waals surface area contributed by atoms with Gasteiger partial charge < -0.3 is 29.7 Å². The summed E-state index contributed by atoms with van der Waals surface area (Å²) in [5.74, 6) is 12.0. The van der Waals surface area contributed by atoms with Crippen molar-refractivity contribution in [2.75, 3.05) is 0 Å². The molecule has 2 aromatic carbocycles. The molecule has 66 heavy (non-hydrogen) atoms.